The zero-order valence-electron chi connectivity index (χ0n) is 9.83. The number of hydrogen-bond donors (Lipinski definition) is 1. The molecular formula is C12H14BrN3O. The van der Waals surface area contributed by atoms with Crippen molar-refractivity contribution in [1.82, 2.24) is 15.5 Å². The van der Waals surface area contributed by atoms with Crippen molar-refractivity contribution < 1.29 is 4.52 Å². The first-order chi connectivity index (χ1) is 8.20. The summed E-state index contributed by atoms with van der Waals surface area (Å²) in [6.07, 6.45) is 0. The molecule has 2 aromatic rings. The van der Waals surface area contributed by atoms with Gasteiger partial charge in [0.05, 0.1) is 12.1 Å². The van der Waals surface area contributed by atoms with E-state index in [0.29, 0.717) is 18.3 Å². The average molecular weight is 296 g/mol. The number of nitrogens with zero attached hydrogens (tertiary/aromatic N) is 2. The quantitative estimate of drug-likeness (QED) is 0.942. The Bertz CT molecular complexity index is 510. The molecule has 0 radical (unpaired) electrons. The van der Waals surface area contributed by atoms with Crippen LogP contribution in [0.3, 0.4) is 0 Å². The largest absolute Gasteiger partial charge is 0.334 e. The fourth-order valence-corrected chi connectivity index (χ4v) is 2.13. The number of nitrogens with one attached hydrogen (secondary N) is 1. The molecule has 0 unspecified atom stereocenters. The lowest BCUT2D eigenvalue weighted by atomic mass is 10.1. The number of hydrogen-bond acceptors (Lipinski definition) is 4. The lowest BCUT2D eigenvalue weighted by Crippen LogP contribution is -2.12. The first kappa shape index (κ1) is 12.3. The van der Waals surface area contributed by atoms with Crippen LogP contribution in [0.25, 0.3) is 11.5 Å². The molecular weight excluding hydrogens is 282 g/mol. The van der Waals surface area contributed by atoms with Crippen molar-refractivity contribution in [1.29, 1.82) is 0 Å². The standard InChI is InChI=1S/C12H14BrN3O/c1-3-14-7-11-15-12(17-16-11)9-5-4-8(2)6-10(9)13/h4-6,14H,3,7H2,1-2H3. The maximum atomic E-state index is 5.24. The van der Waals surface area contributed by atoms with Gasteiger partial charge in [0.25, 0.3) is 5.89 Å². The molecule has 0 bridgehead atoms. The zero-order chi connectivity index (χ0) is 12.3. The van der Waals surface area contributed by atoms with Crippen LogP contribution in [-0.4, -0.2) is 16.7 Å². The van der Waals surface area contributed by atoms with E-state index in [1.165, 1.54) is 5.56 Å². The Morgan fingerprint density at radius 3 is 2.94 bits per heavy atom. The Labute approximate surface area is 109 Å². The molecule has 1 aromatic heterocycles. The lowest BCUT2D eigenvalue weighted by molar-refractivity contribution is 0.419. The van der Waals surface area contributed by atoms with Gasteiger partial charge in [-0.2, -0.15) is 4.98 Å². The first-order valence-corrected chi connectivity index (χ1v) is 6.30. The van der Waals surface area contributed by atoms with E-state index in [-0.39, 0.29) is 0 Å². The summed E-state index contributed by atoms with van der Waals surface area (Å²) in [5.74, 6) is 1.22. The number of halogens is 1. The van der Waals surface area contributed by atoms with E-state index < -0.39 is 0 Å². The van der Waals surface area contributed by atoms with Crippen LogP contribution < -0.4 is 5.32 Å². The highest BCUT2D eigenvalue weighted by molar-refractivity contribution is 9.10. The Hall–Kier alpha value is -1.20. The summed E-state index contributed by atoms with van der Waals surface area (Å²) in [6, 6.07) is 6.03. The van der Waals surface area contributed by atoms with Crippen molar-refractivity contribution in [3.05, 3.63) is 34.1 Å². The minimum absolute atomic E-state index is 0.546. The Kier molecular flexibility index (Phi) is 3.91. The molecule has 0 aliphatic rings. The smallest absolute Gasteiger partial charge is 0.259 e. The van der Waals surface area contributed by atoms with Crippen LogP contribution in [0.5, 0.6) is 0 Å². The van der Waals surface area contributed by atoms with Crippen LogP contribution in [0.2, 0.25) is 0 Å². The van der Waals surface area contributed by atoms with Crippen LogP contribution >= 0.6 is 15.9 Å². The van der Waals surface area contributed by atoms with E-state index in [1.54, 1.807) is 0 Å². The van der Waals surface area contributed by atoms with E-state index in [4.69, 9.17) is 4.52 Å². The monoisotopic (exact) mass is 295 g/mol. The minimum Gasteiger partial charge on any atom is -0.334 e. The van der Waals surface area contributed by atoms with E-state index >= 15 is 0 Å². The van der Waals surface area contributed by atoms with E-state index in [9.17, 15) is 0 Å². The number of aryl methyl sites for hydroxylation is 1. The van der Waals surface area contributed by atoms with E-state index in [2.05, 4.69) is 31.4 Å². The van der Waals surface area contributed by atoms with Gasteiger partial charge in [-0.25, -0.2) is 0 Å². The predicted molar refractivity (Wildman–Crippen MR) is 69.6 cm³/mol. The third-order valence-corrected chi connectivity index (χ3v) is 3.01. The maximum absolute atomic E-state index is 5.24. The van der Waals surface area contributed by atoms with Crippen molar-refractivity contribution >= 4 is 15.9 Å². The van der Waals surface area contributed by atoms with Gasteiger partial charge in [0.15, 0.2) is 5.82 Å². The van der Waals surface area contributed by atoms with Crippen molar-refractivity contribution in [2.24, 2.45) is 0 Å². The second kappa shape index (κ2) is 5.42. The SMILES string of the molecule is CCNCc1noc(-c2ccc(C)cc2Br)n1. The second-order valence-corrected chi connectivity index (χ2v) is 4.63. The van der Waals surface area contributed by atoms with E-state index in [0.717, 1.165) is 16.6 Å². The molecule has 1 heterocycles. The highest BCUT2D eigenvalue weighted by Gasteiger charge is 2.11. The van der Waals surface area contributed by atoms with Gasteiger partial charge in [-0.3, -0.25) is 0 Å². The summed E-state index contributed by atoms with van der Waals surface area (Å²) in [5.41, 5.74) is 2.11. The van der Waals surface area contributed by atoms with Crippen LogP contribution in [0.1, 0.15) is 18.3 Å². The summed E-state index contributed by atoms with van der Waals surface area (Å²) in [6.45, 7) is 5.60. The van der Waals surface area contributed by atoms with E-state index in [1.807, 2.05) is 32.0 Å². The summed E-state index contributed by atoms with van der Waals surface area (Å²) in [7, 11) is 0. The summed E-state index contributed by atoms with van der Waals surface area (Å²) < 4.78 is 6.21. The molecule has 90 valence electrons. The van der Waals surface area contributed by atoms with Gasteiger partial charge in [0, 0.05) is 4.47 Å². The fraction of sp³-hybridized carbons (Fsp3) is 0.333. The molecule has 17 heavy (non-hydrogen) atoms. The van der Waals surface area contributed by atoms with Gasteiger partial charge < -0.3 is 9.84 Å². The average Bonchev–Trinajstić information content (AvgIpc) is 2.75. The van der Waals surface area contributed by atoms with Crippen molar-refractivity contribution in [2.45, 2.75) is 20.4 Å². The van der Waals surface area contributed by atoms with Gasteiger partial charge in [0.1, 0.15) is 0 Å². The molecule has 2 rings (SSSR count). The molecule has 0 aliphatic carbocycles. The van der Waals surface area contributed by atoms with Crippen LogP contribution in [-0.2, 0) is 6.54 Å². The van der Waals surface area contributed by atoms with Crippen LogP contribution in [0.4, 0.5) is 0 Å². The normalized spacial score (nSPS) is 10.8. The highest BCUT2D eigenvalue weighted by atomic mass is 79.9. The Morgan fingerprint density at radius 2 is 2.24 bits per heavy atom. The maximum Gasteiger partial charge on any atom is 0.259 e. The highest BCUT2D eigenvalue weighted by Crippen LogP contribution is 2.27. The molecule has 0 fully saturated rings. The van der Waals surface area contributed by atoms with Crippen molar-refractivity contribution in [2.75, 3.05) is 6.54 Å². The predicted octanol–water partition coefficient (Wildman–Crippen LogP) is 2.92. The topological polar surface area (TPSA) is 51.0 Å². The minimum atomic E-state index is 0.546. The molecule has 0 amide bonds. The molecule has 1 N–H and O–H groups in total. The molecule has 0 saturated carbocycles. The van der Waals surface area contributed by atoms with Gasteiger partial charge >= 0.3 is 0 Å². The zero-order valence-corrected chi connectivity index (χ0v) is 11.4. The Morgan fingerprint density at radius 1 is 1.41 bits per heavy atom. The van der Waals surface area contributed by atoms with Gasteiger partial charge in [0.2, 0.25) is 0 Å². The number of aromatic nitrogens is 2. The molecule has 4 nitrogen and oxygen atoms in total. The first-order valence-electron chi connectivity index (χ1n) is 5.50. The molecule has 0 spiro atoms. The molecule has 0 atom stereocenters. The molecule has 5 heteroatoms. The number of benzene rings is 1. The second-order valence-electron chi connectivity index (χ2n) is 3.78. The molecule has 0 saturated heterocycles. The summed E-state index contributed by atoms with van der Waals surface area (Å²) >= 11 is 3.50. The molecule has 1 aromatic carbocycles. The number of rotatable bonds is 4. The Balaban J connectivity index is 2.24. The van der Waals surface area contributed by atoms with Gasteiger partial charge in [-0.1, -0.05) is 18.1 Å². The van der Waals surface area contributed by atoms with Crippen LogP contribution in [0, 0.1) is 6.92 Å². The summed E-state index contributed by atoms with van der Waals surface area (Å²) in [4.78, 5) is 4.34. The third kappa shape index (κ3) is 2.92. The third-order valence-electron chi connectivity index (χ3n) is 2.36. The lowest BCUT2D eigenvalue weighted by Gasteiger charge is -1.99. The van der Waals surface area contributed by atoms with Gasteiger partial charge in [-0.15, -0.1) is 0 Å². The van der Waals surface area contributed by atoms with Crippen LogP contribution in [0.15, 0.2) is 27.2 Å². The summed E-state index contributed by atoms with van der Waals surface area (Å²) in [5, 5.41) is 7.08. The van der Waals surface area contributed by atoms with Crippen molar-refractivity contribution in [3.63, 3.8) is 0 Å². The molecule has 0 aliphatic heterocycles. The van der Waals surface area contributed by atoms with Crippen molar-refractivity contribution in [3.8, 4) is 11.5 Å². The van der Waals surface area contributed by atoms with Gasteiger partial charge in [-0.05, 0) is 47.1 Å². The fourth-order valence-electron chi connectivity index (χ4n) is 1.47.